The lowest BCUT2D eigenvalue weighted by molar-refractivity contribution is -0.274. The molecule has 4 bridgehead atoms. The molecule has 5 N–H and O–H groups in total. The van der Waals surface area contributed by atoms with Gasteiger partial charge >= 0.3 is 6.36 Å². The van der Waals surface area contributed by atoms with Crippen molar-refractivity contribution >= 4 is 41.1 Å². The van der Waals surface area contributed by atoms with E-state index in [1.807, 2.05) is 0 Å². The first kappa shape index (κ1) is 42.8. The average Bonchev–Trinajstić information content (AvgIpc) is 3.49. The summed E-state index contributed by atoms with van der Waals surface area (Å²) in [6.45, 7) is 3.39. The van der Waals surface area contributed by atoms with Gasteiger partial charge in [0.25, 0.3) is 11.8 Å². The third-order valence-corrected chi connectivity index (χ3v) is 12.6. The number of alkyl halides is 3. The molecule has 328 valence electrons. The van der Waals surface area contributed by atoms with Gasteiger partial charge in [0.2, 0.25) is 17.8 Å². The minimum absolute atomic E-state index is 0.0111. The van der Waals surface area contributed by atoms with Crippen molar-refractivity contribution in [2.24, 2.45) is 23.2 Å². The van der Waals surface area contributed by atoms with Crippen molar-refractivity contribution in [1.82, 2.24) is 25.5 Å². The standard InChI is InChI=1S/C43H48F3N9O7/c44-43(45,46)62-33-7-2-1-4-26(33)22-50-41-51-23-29(21-47)37(54-41)52-24-42-18-25-16-27(19-42)36(28(17-25)20-42)49-11-13-61-15-14-60-12-10-48-31-6-3-5-30-35(31)40(59)55(39(30)58)32-8-9-34(56)53-38(32)57/h1-7,23,25,27-28,32,36,48-49H,8-20,22,24H2,(H,53,56,57)(H2,50,51,52,54)/t25?,27-,28+,32?,36?,42?. The molecule has 62 heavy (non-hydrogen) atoms. The maximum absolute atomic E-state index is 13.3. The van der Waals surface area contributed by atoms with Crippen molar-refractivity contribution < 1.29 is 46.6 Å². The molecule has 4 saturated carbocycles. The summed E-state index contributed by atoms with van der Waals surface area (Å²) in [5.74, 6) is -0.252. The van der Waals surface area contributed by atoms with Gasteiger partial charge in [-0.3, -0.25) is 29.4 Å². The van der Waals surface area contributed by atoms with Crippen molar-refractivity contribution in [1.29, 1.82) is 5.26 Å². The highest BCUT2D eigenvalue weighted by atomic mass is 19.4. The quantitative estimate of drug-likeness (QED) is 0.0825. The maximum Gasteiger partial charge on any atom is 0.573 e. The first-order valence-corrected chi connectivity index (χ1v) is 21.0. The van der Waals surface area contributed by atoms with Crippen LogP contribution in [0.1, 0.15) is 76.8 Å². The molecule has 4 aliphatic carbocycles. The molecule has 9 rings (SSSR count). The van der Waals surface area contributed by atoms with Crippen LogP contribution < -0.4 is 31.3 Å². The van der Waals surface area contributed by atoms with Crippen LogP contribution in [0.25, 0.3) is 0 Å². The van der Waals surface area contributed by atoms with Gasteiger partial charge in [-0.05, 0) is 79.9 Å². The van der Waals surface area contributed by atoms with Crippen molar-refractivity contribution in [3.8, 4) is 11.8 Å². The zero-order valence-corrected chi connectivity index (χ0v) is 33.9. The molecule has 4 amide bonds. The summed E-state index contributed by atoms with van der Waals surface area (Å²) in [6, 6.07) is 12.3. The molecule has 6 atom stereocenters. The zero-order valence-electron chi connectivity index (χ0n) is 33.9. The van der Waals surface area contributed by atoms with E-state index in [1.165, 1.54) is 37.2 Å². The molecule has 1 saturated heterocycles. The summed E-state index contributed by atoms with van der Waals surface area (Å²) >= 11 is 0. The lowest BCUT2D eigenvalue weighted by Crippen LogP contribution is -2.60. The summed E-state index contributed by atoms with van der Waals surface area (Å²) in [7, 11) is 0. The van der Waals surface area contributed by atoms with Gasteiger partial charge in [0.15, 0.2) is 0 Å². The fourth-order valence-electron chi connectivity index (χ4n) is 10.3. The van der Waals surface area contributed by atoms with E-state index >= 15 is 0 Å². The van der Waals surface area contributed by atoms with Crippen LogP contribution in [0.15, 0.2) is 48.7 Å². The van der Waals surface area contributed by atoms with Crippen LogP contribution in [0.2, 0.25) is 0 Å². The number of halogens is 3. The summed E-state index contributed by atoms with van der Waals surface area (Å²) < 4.78 is 54.5. The number of benzene rings is 2. The van der Waals surface area contributed by atoms with Gasteiger partial charge in [-0.25, -0.2) is 4.98 Å². The van der Waals surface area contributed by atoms with Crippen molar-refractivity contribution in [3.05, 3.63) is 70.9 Å². The maximum atomic E-state index is 13.3. The Balaban J connectivity index is 0.740. The Labute approximate surface area is 355 Å². The average molecular weight is 860 g/mol. The Bertz CT molecular complexity index is 2220. The number of carbonyl (C=O) groups is 4. The molecule has 6 aliphatic rings. The highest BCUT2D eigenvalue weighted by Gasteiger charge is 2.55. The second-order valence-corrected chi connectivity index (χ2v) is 16.7. The van der Waals surface area contributed by atoms with E-state index < -0.39 is 36.0 Å². The SMILES string of the molecule is N#Cc1cnc(NCc2ccccc2OC(F)(F)F)nc1NCC12CC3C[C@H](C1)C(NCCOCCOCCNc1cccc4c1C(=O)N(C1CCC(=O)NC1=O)C4=O)[C@@H](C3)C2. The van der Waals surface area contributed by atoms with Gasteiger partial charge in [0.1, 0.15) is 29.2 Å². The molecule has 0 radical (unpaired) electrons. The molecule has 3 aromatic rings. The lowest BCUT2D eigenvalue weighted by Gasteiger charge is -2.60. The molecule has 19 heteroatoms. The predicted octanol–water partition coefficient (Wildman–Crippen LogP) is 4.60. The molecule has 1 aromatic heterocycles. The number of nitrogens with one attached hydrogen (secondary N) is 5. The van der Waals surface area contributed by atoms with Crippen LogP contribution in [-0.4, -0.2) is 103 Å². The molecule has 5 fully saturated rings. The number of amides is 4. The minimum Gasteiger partial charge on any atom is -0.405 e. The van der Waals surface area contributed by atoms with Gasteiger partial charge in [0, 0.05) is 49.9 Å². The van der Waals surface area contributed by atoms with Crippen LogP contribution in [0.5, 0.6) is 5.75 Å². The highest BCUT2D eigenvalue weighted by Crippen LogP contribution is 2.60. The Morgan fingerprint density at radius 2 is 1.66 bits per heavy atom. The summed E-state index contributed by atoms with van der Waals surface area (Å²) in [5.41, 5.74) is 1.52. The Kier molecular flexibility index (Phi) is 12.6. The van der Waals surface area contributed by atoms with E-state index in [2.05, 4.69) is 47.4 Å². The molecular weight excluding hydrogens is 812 g/mol. The number of ether oxygens (including phenoxy) is 3. The number of rotatable bonds is 19. The molecule has 16 nitrogen and oxygen atoms in total. The highest BCUT2D eigenvalue weighted by molar-refractivity contribution is 6.25. The second kappa shape index (κ2) is 18.2. The predicted molar refractivity (Wildman–Crippen MR) is 217 cm³/mol. The van der Waals surface area contributed by atoms with Gasteiger partial charge in [0.05, 0.1) is 43.8 Å². The number of anilines is 3. The van der Waals surface area contributed by atoms with Crippen LogP contribution in [0.3, 0.4) is 0 Å². The number of aromatic nitrogens is 2. The number of fused-ring (bicyclic) bond motifs is 1. The van der Waals surface area contributed by atoms with Gasteiger partial charge in [-0.2, -0.15) is 10.2 Å². The van der Waals surface area contributed by atoms with E-state index in [0.29, 0.717) is 81.4 Å². The van der Waals surface area contributed by atoms with Crippen molar-refractivity contribution in [2.75, 3.05) is 62.0 Å². The molecular formula is C43H48F3N9O7. The third-order valence-electron chi connectivity index (χ3n) is 12.6. The van der Waals surface area contributed by atoms with E-state index in [9.17, 15) is 37.6 Å². The fraction of sp³-hybridized carbons (Fsp3) is 0.512. The third kappa shape index (κ3) is 9.47. The Morgan fingerprint density at radius 1 is 0.903 bits per heavy atom. The second-order valence-electron chi connectivity index (χ2n) is 16.7. The van der Waals surface area contributed by atoms with Gasteiger partial charge in [-0.15, -0.1) is 13.2 Å². The van der Waals surface area contributed by atoms with E-state index in [-0.39, 0.29) is 58.8 Å². The lowest BCUT2D eigenvalue weighted by atomic mass is 9.48. The number of para-hydroxylation sites is 1. The largest absolute Gasteiger partial charge is 0.573 e. The van der Waals surface area contributed by atoms with Crippen LogP contribution in [0, 0.1) is 34.5 Å². The first-order valence-electron chi connectivity index (χ1n) is 21.0. The Hall–Kier alpha value is -5.84. The normalized spacial score (nSPS) is 25.1. The number of imide groups is 2. The number of hydrogen-bond donors (Lipinski definition) is 5. The summed E-state index contributed by atoms with van der Waals surface area (Å²) in [4.78, 5) is 60.1. The topological polar surface area (TPSA) is 209 Å². The van der Waals surface area contributed by atoms with Gasteiger partial charge < -0.3 is 35.5 Å². The molecule has 0 spiro atoms. The fourth-order valence-corrected chi connectivity index (χ4v) is 10.3. The summed E-state index contributed by atoms with van der Waals surface area (Å²) in [6.07, 6.45) is 2.30. The van der Waals surface area contributed by atoms with Crippen LogP contribution in [-0.2, 0) is 25.6 Å². The number of carbonyl (C=O) groups excluding carboxylic acids is 4. The number of nitrogens with zero attached hydrogens (tertiary/aromatic N) is 4. The van der Waals surface area contributed by atoms with E-state index in [1.54, 1.807) is 24.3 Å². The number of hydrogen-bond acceptors (Lipinski definition) is 14. The number of piperidine rings is 1. The van der Waals surface area contributed by atoms with E-state index in [4.69, 9.17) is 9.47 Å². The van der Waals surface area contributed by atoms with Crippen LogP contribution in [0.4, 0.5) is 30.6 Å². The monoisotopic (exact) mass is 859 g/mol. The van der Waals surface area contributed by atoms with Crippen LogP contribution >= 0.6 is 0 Å². The van der Waals surface area contributed by atoms with Crippen molar-refractivity contribution in [3.63, 3.8) is 0 Å². The summed E-state index contributed by atoms with van der Waals surface area (Å²) in [5, 5.41) is 25.4. The molecule has 2 aliphatic heterocycles. The molecule has 2 aromatic carbocycles. The van der Waals surface area contributed by atoms with Crippen molar-refractivity contribution in [2.45, 2.75) is 69.9 Å². The minimum atomic E-state index is -4.82. The molecule has 3 heterocycles. The zero-order chi connectivity index (χ0) is 43.4. The molecule has 4 unspecified atom stereocenters. The smallest absolute Gasteiger partial charge is 0.405 e. The Morgan fingerprint density at radius 3 is 2.40 bits per heavy atom. The first-order chi connectivity index (χ1) is 29.9. The van der Waals surface area contributed by atoms with E-state index in [0.717, 1.165) is 24.2 Å². The van der Waals surface area contributed by atoms with Gasteiger partial charge in [-0.1, -0.05) is 24.3 Å². The number of nitriles is 1.